The molecule has 0 amide bonds. The van der Waals surface area contributed by atoms with Crippen LogP contribution in [0.5, 0.6) is 0 Å². The van der Waals surface area contributed by atoms with Gasteiger partial charge in [-0.25, -0.2) is 0 Å². The molecule has 6 heteroatoms. The van der Waals surface area contributed by atoms with Crippen LogP contribution in [0.15, 0.2) is 0 Å². The Hall–Kier alpha value is -0.170. The molecule has 2 saturated heterocycles. The number of nitrogens with one attached hydrogen (secondary N) is 2. The lowest BCUT2D eigenvalue weighted by Gasteiger charge is -1.98. The van der Waals surface area contributed by atoms with Crippen molar-refractivity contribution >= 4 is 10.2 Å². The third-order valence-corrected chi connectivity index (χ3v) is 2.92. The second kappa shape index (κ2) is 1.91. The Balaban J connectivity index is 2.21. The van der Waals surface area contributed by atoms with Gasteiger partial charge >= 0.3 is 0 Å². The minimum absolute atomic E-state index is 0.0509. The van der Waals surface area contributed by atoms with Crippen molar-refractivity contribution in [3.63, 3.8) is 0 Å². The molecule has 0 aromatic rings. The van der Waals surface area contributed by atoms with Crippen molar-refractivity contribution < 1.29 is 13.2 Å². The van der Waals surface area contributed by atoms with E-state index in [1.165, 1.54) is 0 Å². The lowest BCUT2D eigenvalue weighted by molar-refractivity contribution is 0.187. The molecule has 2 unspecified atom stereocenters. The van der Waals surface area contributed by atoms with Gasteiger partial charge < -0.3 is 4.74 Å². The van der Waals surface area contributed by atoms with Crippen molar-refractivity contribution in [2.24, 2.45) is 0 Å². The highest BCUT2D eigenvalue weighted by atomic mass is 32.2. The summed E-state index contributed by atoms with van der Waals surface area (Å²) in [6, 6.07) is -0.102. The maximum Gasteiger partial charge on any atom is 0.277 e. The zero-order valence-electron chi connectivity index (χ0n) is 5.20. The number of rotatable bonds is 0. The van der Waals surface area contributed by atoms with Crippen LogP contribution in [0.4, 0.5) is 0 Å². The van der Waals surface area contributed by atoms with Gasteiger partial charge in [0.2, 0.25) is 0 Å². The van der Waals surface area contributed by atoms with E-state index >= 15 is 0 Å². The minimum atomic E-state index is -3.19. The summed E-state index contributed by atoms with van der Waals surface area (Å²) in [5, 5.41) is 0. The Morgan fingerprint density at radius 2 is 1.70 bits per heavy atom. The summed E-state index contributed by atoms with van der Waals surface area (Å²) < 4.78 is 31.4. The third kappa shape index (κ3) is 0.929. The molecule has 0 saturated carbocycles. The molecule has 0 aliphatic carbocycles. The number of ether oxygens (including phenoxy) is 1. The SMILES string of the molecule is O=S1(=O)NC2COCC2N1. The standard InChI is InChI=1S/C4H8N2O3S/c7-10(8)5-3-1-9-2-4(3)6-10/h3-6H,1-2H2. The molecule has 2 aliphatic heterocycles. The van der Waals surface area contributed by atoms with Crippen LogP contribution in [-0.4, -0.2) is 33.7 Å². The first-order valence-corrected chi connectivity index (χ1v) is 4.53. The summed E-state index contributed by atoms with van der Waals surface area (Å²) in [6.07, 6.45) is 0. The first kappa shape index (κ1) is 6.53. The fraction of sp³-hybridized carbons (Fsp3) is 1.00. The normalized spacial score (nSPS) is 43.6. The second-order valence-corrected chi connectivity index (χ2v) is 3.97. The summed E-state index contributed by atoms with van der Waals surface area (Å²) in [6.45, 7) is 0.966. The summed E-state index contributed by atoms with van der Waals surface area (Å²) in [5.41, 5.74) is 0. The van der Waals surface area contributed by atoms with Crippen molar-refractivity contribution in [1.29, 1.82) is 0 Å². The van der Waals surface area contributed by atoms with Gasteiger partial charge in [-0.05, 0) is 0 Å². The van der Waals surface area contributed by atoms with E-state index in [1.807, 2.05) is 0 Å². The highest BCUT2D eigenvalue weighted by Gasteiger charge is 2.40. The fourth-order valence-electron chi connectivity index (χ4n) is 1.22. The third-order valence-electron chi connectivity index (χ3n) is 1.69. The van der Waals surface area contributed by atoms with Gasteiger partial charge in [-0.1, -0.05) is 0 Å². The zero-order chi connectivity index (χ0) is 7.19. The van der Waals surface area contributed by atoms with Crippen LogP contribution in [-0.2, 0) is 14.9 Å². The first-order valence-electron chi connectivity index (χ1n) is 3.05. The Labute approximate surface area is 58.9 Å². The average Bonchev–Trinajstić information content (AvgIpc) is 2.20. The van der Waals surface area contributed by atoms with E-state index < -0.39 is 10.2 Å². The van der Waals surface area contributed by atoms with Crippen molar-refractivity contribution in [2.45, 2.75) is 12.1 Å². The van der Waals surface area contributed by atoms with Gasteiger partial charge in [-0.2, -0.15) is 17.9 Å². The van der Waals surface area contributed by atoms with Crippen LogP contribution in [0.3, 0.4) is 0 Å². The maximum atomic E-state index is 10.8. The molecule has 10 heavy (non-hydrogen) atoms. The largest absolute Gasteiger partial charge is 0.378 e. The summed E-state index contributed by atoms with van der Waals surface area (Å²) >= 11 is 0. The van der Waals surface area contributed by atoms with Gasteiger partial charge in [0.15, 0.2) is 0 Å². The molecule has 0 radical (unpaired) electrons. The average molecular weight is 164 g/mol. The molecule has 0 spiro atoms. The first-order chi connectivity index (χ1) is 4.67. The molecule has 58 valence electrons. The smallest absolute Gasteiger partial charge is 0.277 e. The quantitative estimate of drug-likeness (QED) is 0.443. The molecular weight excluding hydrogens is 156 g/mol. The van der Waals surface area contributed by atoms with E-state index in [9.17, 15) is 8.42 Å². The van der Waals surface area contributed by atoms with Gasteiger partial charge in [0.25, 0.3) is 10.2 Å². The van der Waals surface area contributed by atoms with E-state index in [0.717, 1.165) is 0 Å². The zero-order valence-corrected chi connectivity index (χ0v) is 6.02. The van der Waals surface area contributed by atoms with Crippen LogP contribution in [0.25, 0.3) is 0 Å². The van der Waals surface area contributed by atoms with Crippen LogP contribution in [0.2, 0.25) is 0 Å². The highest BCUT2D eigenvalue weighted by Crippen LogP contribution is 2.12. The second-order valence-electron chi connectivity index (χ2n) is 2.49. The van der Waals surface area contributed by atoms with Crippen LogP contribution >= 0.6 is 0 Å². The van der Waals surface area contributed by atoms with Gasteiger partial charge in [-0.3, -0.25) is 0 Å². The maximum absolute atomic E-state index is 10.8. The molecule has 0 aromatic heterocycles. The van der Waals surface area contributed by atoms with Crippen LogP contribution in [0, 0.1) is 0 Å². The fourth-order valence-corrected chi connectivity index (χ4v) is 2.55. The molecule has 2 fully saturated rings. The minimum Gasteiger partial charge on any atom is -0.378 e. The molecular formula is C4H8N2O3S. The molecule has 2 rings (SSSR count). The van der Waals surface area contributed by atoms with Crippen LogP contribution in [0.1, 0.15) is 0 Å². The van der Waals surface area contributed by atoms with E-state index in [4.69, 9.17) is 4.74 Å². The topological polar surface area (TPSA) is 67.4 Å². The lowest BCUT2D eigenvalue weighted by atomic mass is 10.2. The summed E-state index contributed by atoms with van der Waals surface area (Å²) in [4.78, 5) is 0. The Morgan fingerprint density at radius 3 is 2.20 bits per heavy atom. The van der Waals surface area contributed by atoms with Crippen LogP contribution < -0.4 is 9.44 Å². The van der Waals surface area contributed by atoms with Crippen molar-refractivity contribution in [1.82, 2.24) is 9.44 Å². The van der Waals surface area contributed by atoms with E-state index in [-0.39, 0.29) is 12.1 Å². The highest BCUT2D eigenvalue weighted by molar-refractivity contribution is 7.87. The Kier molecular flexibility index (Phi) is 1.25. The van der Waals surface area contributed by atoms with Crippen molar-refractivity contribution in [2.75, 3.05) is 13.2 Å². The monoisotopic (exact) mass is 164 g/mol. The van der Waals surface area contributed by atoms with E-state index in [1.54, 1.807) is 0 Å². The lowest BCUT2D eigenvalue weighted by Crippen LogP contribution is -2.31. The molecule has 2 aliphatic rings. The van der Waals surface area contributed by atoms with Gasteiger partial charge in [-0.15, -0.1) is 0 Å². The molecule has 0 aromatic carbocycles. The predicted octanol–water partition coefficient (Wildman–Crippen LogP) is -1.81. The molecule has 2 heterocycles. The predicted molar refractivity (Wildman–Crippen MR) is 33.6 cm³/mol. The molecule has 2 N–H and O–H groups in total. The van der Waals surface area contributed by atoms with Crippen molar-refractivity contribution in [3.05, 3.63) is 0 Å². The Morgan fingerprint density at radius 1 is 1.20 bits per heavy atom. The van der Waals surface area contributed by atoms with Crippen molar-refractivity contribution in [3.8, 4) is 0 Å². The molecule has 2 atom stereocenters. The van der Waals surface area contributed by atoms with Gasteiger partial charge in [0.05, 0.1) is 25.3 Å². The summed E-state index contributed by atoms with van der Waals surface area (Å²) in [7, 11) is -3.19. The number of hydrogen-bond donors (Lipinski definition) is 2. The number of fused-ring (bicyclic) bond motifs is 1. The Bertz CT molecular complexity index is 219. The van der Waals surface area contributed by atoms with E-state index in [2.05, 4.69) is 9.44 Å². The van der Waals surface area contributed by atoms with Gasteiger partial charge in [0, 0.05) is 0 Å². The van der Waals surface area contributed by atoms with E-state index in [0.29, 0.717) is 13.2 Å². The number of hydrogen-bond acceptors (Lipinski definition) is 3. The molecule has 0 bridgehead atoms. The summed E-state index contributed by atoms with van der Waals surface area (Å²) in [5.74, 6) is 0. The van der Waals surface area contributed by atoms with Gasteiger partial charge in [0.1, 0.15) is 0 Å². The molecule has 5 nitrogen and oxygen atoms in total.